The van der Waals surface area contributed by atoms with E-state index in [1.165, 1.54) is 11.1 Å². The molecule has 1 unspecified atom stereocenters. The van der Waals surface area contributed by atoms with Crippen molar-refractivity contribution in [3.05, 3.63) is 118 Å². The maximum absolute atomic E-state index is 6.22. The molecule has 8 heteroatoms. The number of amidine groups is 2. The van der Waals surface area contributed by atoms with Crippen molar-refractivity contribution in [2.75, 3.05) is 10.2 Å². The fourth-order valence-corrected chi connectivity index (χ4v) is 5.79. The van der Waals surface area contributed by atoms with Crippen LogP contribution in [0.4, 0.5) is 22.9 Å². The van der Waals surface area contributed by atoms with Gasteiger partial charge in [0, 0.05) is 5.69 Å². The number of hydrogen-bond acceptors (Lipinski definition) is 6. The van der Waals surface area contributed by atoms with Crippen LogP contribution in [0, 0.1) is 20.8 Å². The predicted octanol–water partition coefficient (Wildman–Crippen LogP) is 7.95. The molecule has 0 bridgehead atoms. The normalized spacial score (nSPS) is 15.7. The summed E-state index contributed by atoms with van der Waals surface area (Å²) in [4.78, 5) is 12.5. The Bertz CT molecular complexity index is 1780. The van der Waals surface area contributed by atoms with Gasteiger partial charge in [0.1, 0.15) is 11.8 Å². The summed E-state index contributed by atoms with van der Waals surface area (Å²) in [7, 11) is 0. The van der Waals surface area contributed by atoms with E-state index in [1.807, 2.05) is 72.3 Å². The summed E-state index contributed by atoms with van der Waals surface area (Å²) < 4.78 is 8.80. The van der Waals surface area contributed by atoms with Crippen LogP contribution < -0.4 is 10.2 Å². The zero-order chi connectivity index (χ0) is 26.7. The van der Waals surface area contributed by atoms with E-state index in [2.05, 4.69) is 64.3 Å². The highest BCUT2D eigenvalue weighted by atomic mass is 79.9. The summed E-state index contributed by atoms with van der Waals surface area (Å²) >= 11 is 3.52. The van der Waals surface area contributed by atoms with Gasteiger partial charge in [0.15, 0.2) is 22.2 Å². The highest BCUT2D eigenvalue weighted by Crippen LogP contribution is 2.48. The van der Waals surface area contributed by atoms with Crippen molar-refractivity contribution in [1.29, 1.82) is 0 Å². The highest BCUT2D eigenvalue weighted by molar-refractivity contribution is 9.10. The Labute approximate surface area is 234 Å². The number of aryl methyl sites for hydroxylation is 3. The summed E-state index contributed by atoms with van der Waals surface area (Å²) in [5, 5.41) is 8.55. The fraction of sp³-hybridized carbons (Fsp3) is 0.129. The molecule has 1 N–H and O–H groups in total. The van der Waals surface area contributed by atoms with Crippen molar-refractivity contribution < 1.29 is 4.42 Å². The average molecular weight is 577 g/mol. The first-order valence-electron chi connectivity index (χ1n) is 12.8. The number of hydrogen-bond donors (Lipinski definition) is 1. The number of aromatic nitrogens is 2. The molecule has 0 saturated carbocycles. The van der Waals surface area contributed by atoms with Crippen molar-refractivity contribution in [1.82, 2.24) is 9.78 Å². The molecule has 0 aliphatic carbocycles. The van der Waals surface area contributed by atoms with Crippen molar-refractivity contribution in [2.24, 2.45) is 9.98 Å². The number of nitrogens with zero attached hydrogens (tertiary/aromatic N) is 5. The van der Waals surface area contributed by atoms with Gasteiger partial charge < -0.3 is 14.6 Å². The van der Waals surface area contributed by atoms with Gasteiger partial charge in [0.25, 0.3) is 0 Å². The van der Waals surface area contributed by atoms with Crippen LogP contribution in [0.25, 0.3) is 5.69 Å². The third-order valence-corrected chi connectivity index (χ3v) is 7.41. The van der Waals surface area contributed by atoms with E-state index in [9.17, 15) is 0 Å². The predicted molar refractivity (Wildman–Crippen MR) is 159 cm³/mol. The van der Waals surface area contributed by atoms with E-state index in [0.29, 0.717) is 16.3 Å². The minimum absolute atomic E-state index is 0.302. The van der Waals surface area contributed by atoms with Crippen LogP contribution in [0.1, 0.15) is 34.2 Å². The molecule has 192 valence electrons. The molecule has 2 aliphatic rings. The van der Waals surface area contributed by atoms with Crippen LogP contribution in [-0.4, -0.2) is 21.5 Å². The molecule has 1 atom stereocenters. The molecule has 0 amide bonds. The van der Waals surface area contributed by atoms with E-state index < -0.39 is 0 Å². The summed E-state index contributed by atoms with van der Waals surface area (Å²) in [5.74, 6) is 2.92. The van der Waals surface area contributed by atoms with Gasteiger partial charge in [-0.15, -0.1) is 0 Å². The Morgan fingerprint density at radius 3 is 2.33 bits per heavy atom. The summed E-state index contributed by atoms with van der Waals surface area (Å²) in [6.45, 7) is 6.22. The number of rotatable bonds is 3. The van der Waals surface area contributed by atoms with Gasteiger partial charge in [0.05, 0.1) is 28.3 Å². The van der Waals surface area contributed by atoms with Crippen LogP contribution in [0.2, 0.25) is 0 Å². The van der Waals surface area contributed by atoms with E-state index in [1.54, 1.807) is 0 Å². The van der Waals surface area contributed by atoms with Gasteiger partial charge in [-0.3, -0.25) is 0 Å². The third kappa shape index (κ3) is 3.99. The topological polar surface area (TPSA) is 71.0 Å². The van der Waals surface area contributed by atoms with Crippen LogP contribution in [0.15, 0.2) is 104 Å². The molecule has 0 spiro atoms. The number of anilines is 2. The van der Waals surface area contributed by atoms with Crippen molar-refractivity contribution in [3.63, 3.8) is 0 Å². The lowest BCUT2D eigenvalue weighted by Gasteiger charge is -2.39. The molecule has 7 rings (SSSR count). The van der Waals surface area contributed by atoms with Gasteiger partial charge >= 0.3 is 0 Å². The Morgan fingerprint density at radius 1 is 0.846 bits per heavy atom. The summed E-state index contributed by atoms with van der Waals surface area (Å²) in [6.07, 6.45) is 0. The van der Waals surface area contributed by atoms with E-state index in [-0.39, 0.29) is 6.04 Å². The van der Waals surface area contributed by atoms with Crippen molar-refractivity contribution in [3.8, 4) is 5.69 Å². The van der Waals surface area contributed by atoms with E-state index in [0.717, 1.165) is 45.6 Å². The molecule has 2 aliphatic heterocycles. The first-order chi connectivity index (χ1) is 19.0. The van der Waals surface area contributed by atoms with Gasteiger partial charge in [-0.05, 0) is 96.4 Å². The minimum Gasteiger partial charge on any atom is -0.452 e. The molecular formula is C31H25BrN6O. The minimum atomic E-state index is -0.302. The molecule has 5 aromatic rings. The molecule has 0 saturated heterocycles. The Hall–Kier alpha value is -4.43. The van der Waals surface area contributed by atoms with Crippen LogP contribution >= 0.6 is 15.9 Å². The molecule has 2 aromatic heterocycles. The van der Waals surface area contributed by atoms with Crippen LogP contribution in [0.3, 0.4) is 0 Å². The fourth-order valence-electron chi connectivity index (χ4n) is 5.47. The molecule has 4 heterocycles. The molecular weight excluding hydrogens is 552 g/mol. The van der Waals surface area contributed by atoms with Gasteiger partial charge in [-0.2, -0.15) is 5.10 Å². The second-order valence-corrected chi connectivity index (χ2v) is 10.7. The summed E-state index contributed by atoms with van der Waals surface area (Å²) in [6, 6.07) is 28.3. The van der Waals surface area contributed by atoms with E-state index in [4.69, 9.17) is 19.5 Å². The Morgan fingerprint density at radius 2 is 1.59 bits per heavy atom. The second-order valence-electron chi connectivity index (χ2n) is 9.87. The first kappa shape index (κ1) is 23.7. The Kier molecular flexibility index (Phi) is 5.52. The molecule has 0 radical (unpaired) electrons. The van der Waals surface area contributed by atoms with Gasteiger partial charge in [-0.25, -0.2) is 14.7 Å². The number of para-hydroxylation sites is 3. The first-order valence-corrected chi connectivity index (χ1v) is 13.6. The Balaban J connectivity index is 1.49. The number of aliphatic imine (C=N–C) groups is 2. The molecule has 39 heavy (non-hydrogen) atoms. The monoisotopic (exact) mass is 576 g/mol. The lowest BCUT2D eigenvalue weighted by atomic mass is 9.97. The number of halogens is 1. The van der Waals surface area contributed by atoms with E-state index >= 15 is 0 Å². The maximum Gasteiger partial charge on any atom is 0.179 e. The quantitative estimate of drug-likeness (QED) is 0.236. The zero-order valence-corrected chi connectivity index (χ0v) is 23.3. The molecule has 3 aromatic carbocycles. The standard InChI is InChI=1S/C31H25BrN6O/c1-18-15-19(2)17-21(16-18)33-29-31-35-30-27(20(3)36-38(30)22-9-5-4-6-10-22)28(25-13-14-26(32)39-25)37(31)24-12-8-7-11-23(24)34-29/h4-17,28H,1-3H3,(H,33,34). The average Bonchev–Trinajstić information content (AvgIpc) is 3.50. The number of benzene rings is 3. The van der Waals surface area contributed by atoms with Gasteiger partial charge in [0.2, 0.25) is 0 Å². The number of furan rings is 1. The lowest BCUT2D eigenvalue weighted by molar-refractivity contribution is 0.468. The summed E-state index contributed by atoms with van der Waals surface area (Å²) in [5.41, 5.74) is 7.95. The van der Waals surface area contributed by atoms with Crippen molar-refractivity contribution in [2.45, 2.75) is 26.8 Å². The maximum atomic E-state index is 6.22. The number of fused-ring (bicyclic) bond motifs is 4. The SMILES string of the molecule is Cc1cc(C)cc(NC2=Nc3ccccc3N3C2=Nc2c(c(C)nn2-c2ccccc2)C3c2ccc(Br)o2)c1. The van der Waals surface area contributed by atoms with Crippen LogP contribution in [-0.2, 0) is 0 Å². The zero-order valence-electron chi connectivity index (χ0n) is 21.7. The third-order valence-electron chi connectivity index (χ3n) is 6.99. The second kappa shape index (κ2) is 9.10. The highest BCUT2D eigenvalue weighted by Gasteiger charge is 2.42. The lowest BCUT2D eigenvalue weighted by Crippen LogP contribution is -2.46. The smallest absolute Gasteiger partial charge is 0.179 e. The van der Waals surface area contributed by atoms with Crippen LogP contribution in [0.5, 0.6) is 0 Å². The van der Waals surface area contributed by atoms with Crippen molar-refractivity contribution >= 4 is 50.5 Å². The number of nitrogens with one attached hydrogen (secondary N) is 1. The largest absolute Gasteiger partial charge is 0.452 e. The van der Waals surface area contributed by atoms with Gasteiger partial charge in [-0.1, -0.05) is 36.4 Å². The molecule has 0 fully saturated rings. The molecule has 7 nitrogen and oxygen atoms in total.